The molecule has 1 fully saturated rings. The van der Waals surface area contributed by atoms with Crippen LogP contribution in [-0.2, 0) is 4.79 Å². The van der Waals surface area contributed by atoms with Gasteiger partial charge in [-0.05, 0) is 55.8 Å². The first-order valence-corrected chi connectivity index (χ1v) is 9.35. The SMILES string of the molecule is CC(C)CNC(=O)c1ccccc1NC(=O)CC(C)C1CCCNC1.Cl. The molecule has 1 heterocycles. The number of rotatable bonds is 7. The summed E-state index contributed by atoms with van der Waals surface area (Å²) in [7, 11) is 0. The maximum Gasteiger partial charge on any atom is 0.253 e. The lowest BCUT2D eigenvalue weighted by molar-refractivity contribution is -0.117. The molecule has 0 bridgehead atoms. The third-order valence-corrected chi connectivity index (χ3v) is 4.76. The Bertz CT molecular complexity index is 586. The summed E-state index contributed by atoms with van der Waals surface area (Å²) in [5.74, 6) is 1.09. The van der Waals surface area contributed by atoms with Gasteiger partial charge >= 0.3 is 0 Å². The highest BCUT2D eigenvalue weighted by molar-refractivity contribution is 6.03. The van der Waals surface area contributed by atoms with E-state index in [9.17, 15) is 9.59 Å². The molecule has 146 valence electrons. The molecule has 1 aromatic rings. The second-order valence-corrected chi connectivity index (χ2v) is 7.49. The van der Waals surface area contributed by atoms with Gasteiger partial charge in [-0.2, -0.15) is 0 Å². The number of hydrogen-bond acceptors (Lipinski definition) is 3. The van der Waals surface area contributed by atoms with E-state index in [1.54, 1.807) is 12.1 Å². The zero-order valence-corrected chi connectivity index (χ0v) is 16.8. The normalized spacial score (nSPS) is 17.9. The monoisotopic (exact) mass is 381 g/mol. The van der Waals surface area contributed by atoms with Gasteiger partial charge in [0.05, 0.1) is 11.3 Å². The van der Waals surface area contributed by atoms with Crippen molar-refractivity contribution in [1.82, 2.24) is 10.6 Å². The average molecular weight is 382 g/mol. The molecule has 3 N–H and O–H groups in total. The first kappa shape index (κ1) is 22.5. The zero-order chi connectivity index (χ0) is 18.2. The van der Waals surface area contributed by atoms with Crippen LogP contribution >= 0.6 is 12.4 Å². The van der Waals surface area contributed by atoms with E-state index in [2.05, 4.69) is 36.7 Å². The number of amides is 2. The van der Waals surface area contributed by atoms with E-state index >= 15 is 0 Å². The molecule has 26 heavy (non-hydrogen) atoms. The standard InChI is InChI=1S/C20H31N3O2.ClH/c1-14(2)12-22-20(25)17-8-4-5-9-18(17)23-19(24)11-15(3)16-7-6-10-21-13-16;/h4-5,8-9,14-16,21H,6-7,10-13H2,1-3H3,(H,22,25)(H,23,24);1H. The highest BCUT2D eigenvalue weighted by atomic mass is 35.5. The van der Waals surface area contributed by atoms with Gasteiger partial charge in [0.2, 0.25) is 5.91 Å². The Morgan fingerprint density at radius 2 is 1.96 bits per heavy atom. The molecule has 0 aliphatic carbocycles. The number of halogens is 1. The number of anilines is 1. The van der Waals surface area contributed by atoms with E-state index in [4.69, 9.17) is 0 Å². The van der Waals surface area contributed by atoms with Gasteiger partial charge in [-0.25, -0.2) is 0 Å². The molecule has 2 atom stereocenters. The third-order valence-electron chi connectivity index (χ3n) is 4.76. The van der Waals surface area contributed by atoms with Crippen LogP contribution in [0.4, 0.5) is 5.69 Å². The fourth-order valence-corrected chi connectivity index (χ4v) is 3.21. The molecule has 2 unspecified atom stereocenters. The predicted octanol–water partition coefficient (Wildman–Crippen LogP) is 3.46. The Hall–Kier alpha value is -1.59. The summed E-state index contributed by atoms with van der Waals surface area (Å²) in [5.41, 5.74) is 1.10. The second-order valence-electron chi connectivity index (χ2n) is 7.49. The largest absolute Gasteiger partial charge is 0.352 e. The summed E-state index contributed by atoms with van der Waals surface area (Å²) in [6, 6.07) is 7.19. The van der Waals surface area contributed by atoms with E-state index < -0.39 is 0 Å². The maximum absolute atomic E-state index is 12.4. The minimum absolute atomic E-state index is 0. The summed E-state index contributed by atoms with van der Waals surface area (Å²) in [6.45, 7) is 8.92. The van der Waals surface area contributed by atoms with Crippen molar-refractivity contribution in [3.8, 4) is 0 Å². The number of hydrogen-bond donors (Lipinski definition) is 3. The van der Waals surface area contributed by atoms with Crippen LogP contribution in [0.15, 0.2) is 24.3 Å². The molecule has 1 aliphatic heterocycles. The van der Waals surface area contributed by atoms with E-state index in [1.165, 1.54) is 12.8 Å². The lowest BCUT2D eigenvalue weighted by atomic mass is 9.85. The van der Waals surface area contributed by atoms with Gasteiger partial charge in [0.25, 0.3) is 5.91 Å². The van der Waals surface area contributed by atoms with Crippen LogP contribution in [-0.4, -0.2) is 31.4 Å². The van der Waals surface area contributed by atoms with Crippen molar-refractivity contribution in [3.63, 3.8) is 0 Å². The van der Waals surface area contributed by atoms with Crippen LogP contribution in [0.1, 0.15) is 50.4 Å². The molecule has 0 saturated carbocycles. The Kier molecular flexibility index (Phi) is 9.66. The van der Waals surface area contributed by atoms with Gasteiger partial charge in [0, 0.05) is 13.0 Å². The number of nitrogens with one attached hydrogen (secondary N) is 3. The van der Waals surface area contributed by atoms with Crippen LogP contribution in [0.2, 0.25) is 0 Å². The highest BCUT2D eigenvalue weighted by Gasteiger charge is 2.22. The summed E-state index contributed by atoms with van der Waals surface area (Å²) in [5, 5.41) is 9.24. The Balaban J connectivity index is 0.00000338. The minimum Gasteiger partial charge on any atom is -0.352 e. The van der Waals surface area contributed by atoms with E-state index in [-0.39, 0.29) is 24.2 Å². The summed E-state index contributed by atoms with van der Waals surface area (Å²) < 4.78 is 0. The smallest absolute Gasteiger partial charge is 0.253 e. The molecule has 1 aliphatic rings. The van der Waals surface area contributed by atoms with Crippen molar-refractivity contribution < 1.29 is 9.59 Å². The second kappa shape index (κ2) is 11.2. The Morgan fingerprint density at radius 3 is 2.62 bits per heavy atom. The van der Waals surface area contributed by atoms with E-state index in [0.717, 1.165) is 13.1 Å². The lowest BCUT2D eigenvalue weighted by Gasteiger charge is -2.28. The van der Waals surface area contributed by atoms with Crippen molar-refractivity contribution >= 4 is 29.9 Å². The zero-order valence-electron chi connectivity index (χ0n) is 16.0. The molecule has 6 heteroatoms. The maximum atomic E-state index is 12.4. The molecular formula is C20H32ClN3O2. The van der Waals surface area contributed by atoms with Gasteiger partial charge in [-0.3, -0.25) is 9.59 Å². The highest BCUT2D eigenvalue weighted by Crippen LogP contribution is 2.23. The van der Waals surface area contributed by atoms with Crippen LogP contribution in [0.3, 0.4) is 0 Å². The molecule has 2 amide bonds. The quantitative estimate of drug-likeness (QED) is 0.677. The first-order valence-electron chi connectivity index (χ1n) is 9.35. The Labute approximate surface area is 163 Å². The van der Waals surface area contributed by atoms with Crippen molar-refractivity contribution in [2.24, 2.45) is 17.8 Å². The molecule has 5 nitrogen and oxygen atoms in total. The summed E-state index contributed by atoms with van der Waals surface area (Å²) in [4.78, 5) is 24.8. The number of benzene rings is 1. The van der Waals surface area contributed by atoms with Crippen LogP contribution in [0.5, 0.6) is 0 Å². The van der Waals surface area contributed by atoms with Crippen molar-refractivity contribution in [2.45, 2.75) is 40.0 Å². The fourth-order valence-electron chi connectivity index (χ4n) is 3.21. The van der Waals surface area contributed by atoms with Gasteiger partial charge in [-0.1, -0.05) is 32.9 Å². The molecule has 1 aromatic carbocycles. The molecule has 2 rings (SSSR count). The van der Waals surface area contributed by atoms with E-state index in [0.29, 0.717) is 42.0 Å². The van der Waals surface area contributed by atoms with Crippen molar-refractivity contribution in [3.05, 3.63) is 29.8 Å². The topological polar surface area (TPSA) is 70.2 Å². The lowest BCUT2D eigenvalue weighted by Crippen LogP contribution is -2.34. The average Bonchev–Trinajstić information content (AvgIpc) is 2.60. The number of para-hydroxylation sites is 1. The molecule has 0 aromatic heterocycles. The molecule has 1 saturated heterocycles. The third kappa shape index (κ3) is 6.96. The van der Waals surface area contributed by atoms with Crippen molar-refractivity contribution in [2.75, 3.05) is 25.0 Å². The number of carbonyl (C=O) groups excluding carboxylic acids is 2. The summed E-state index contributed by atoms with van der Waals surface area (Å²) >= 11 is 0. The molecular weight excluding hydrogens is 350 g/mol. The first-order chi connectivity index (χ1) is 12.0. The fraction of sp³-hybridized carbons (Fsp3) is 0.600. The van der Waals surface area contributed by atoms with Crippen molar-refractivity contribution in [1.29, 1.82) is 0 Å². The van der Waals surface area contributed by atoms with Crippen LogP contribution in [0.25, 0.3) is 0 Å². The van der Waals surface area contributed by atoms with Gasteiger partial charge in [0.15, 0.2) is 0 Å². The predicted molar refractivity (Wildman–Crippen MR) is 109 cm³/mol. The number of piperidine rings is 1. The molecule has 0 spiro atoms. The van der Waals surface area contributed by atoms with E-state index in [1.807, 2.05) is 12.1 Å². The van der Waals surface area contributed by atoms with Gasteiger partial charge in [0.1, 0.15) is 0 Å². The summed E-state index contributed by atoms with van der Waals surface area (Å²) in [6.07, 6.45) is 2.83. The Morgan fingerprint density at radius 1 is 1.23 bits per heavy atom. The molecule has 0 radical (unpaired) electrons. The van der Waals surface area contributed by atoms with Gasteiger partial charge in [-0.15, -0.1) is 12.4 Å². The minimum atomic E-state index is -0.144. The van der Waals surface area contributed by atoms with Crippen LogP contribution < -0.4 is 16.0 Å². The van der Waals surface area contributed by atoms with Crippen LogP contribution in [0, 0.1) is 17.8 Å². The van der Waals surface area contributed by atoms with Gasteiger partial charge < -0.3 is 16.0 Å². The number of carbonyl (C=O) groups is 2.